The molecule has 0 bridgehead atoms. The molecule has 1 aliphatic heterocycles. The summed E-state index contributed by atoms with van der Waals surface area (Å²) in [6.45, 7) is 2.47. The maximum absolute atomic E-state index is 11.4. The second kappa shape index (κ2) is 3.87. The Hall–Kier alpha value is -0.610. The minimum atomic E-state index is -0.447. The number of carbonyl (C=O) groups is 1. The smallest absolute Gasteiger partial charge is 0.239 e. The van der Waals surface area contributed by atoms with Gasteiger partial charge in [0.15, 0.2) is 0 Å². The van der Waals surface area contributed by atoms with Crippen LogP contribution in [0.15, 0.2) is 0 Å². The average Bonchev–Trinajstić information content (AvgIpc) is 2.49. The van der Waals surface area contributed by atoms with E-state index in [1.54, 1.807) is 11.8 Å². The third-order valence-electron chi connectivity index (χ3n) is 2.26. The molecule has 1 aliphatic rings. The van der Waals surface area contributed by atoms with Gasteiger partial charge in [0.2, 0.25) is 5.91 Å². The van der Waals surface area contributed by atoms with E-state index in [1.807, 2.05) is 0 Å². The number of carbonyl (C=O) groups excluding carboxylic acids is 1. The first kappa shape index (κ1) is 9.48. The van der Waals surface area contributed by atoms with Gasteiger partial charge in [-0.3, -0.25) is 4.79 Å². The van der Waals surface area contributed by atoms with Crippen molar-refractivity contribution in [1.82, 2.24) is 4.90 Å². The van der Waals surface area contributed by atoms with Crippen molar-refractivity contribution in [2.45, 2.75) is 31.8 Å². The molecule has 12 heavy (non-hydrogen) atoms. The highest BCUT2D eigenvalue weighted by atomic mass is 16.3. The van der Waals surface area contributed by atoms with E-state index in [4.69, 9.17) is 10.8 Å². The van der Waals surface area contributed by atoms with Crippen LogP contribution >= 0.6 is 0 Å². The van der Waals surface area contributed by atoms with Crippen molar-refractivity contribution in [1.29, 1.82) is 0 Å². The molecular weight excluding hydrogens is 156 g/mol. The number of hydrogen-bond acceptors (Lipinski definition) is 3. The fourth-order valence-corrected chi connectivity index (χ4v) is 1.58. The monoisotopic (exact) mass is 172 g/mol. The first-order valence-corrected chi connectivity index (χ1v) is 4.33. The summed E-state index contributed by atoms with van der Waals surface area (Å²) in [5.41, 5.74) is 5.46. The molecule has 1 fully saturated rings. The second-order valence-electron chi connectivity index (χ2n) is 3.30. The summed E-state index contributed by atoms with van der Waals surface area (Å²) in [6.07, 6.45) is 1.87. The molecule has 0 unspecified atom stereocenters. The summed E-state index contributed by atoms with van der Waals surface area (Å²) in [4.78, 5) is 13.1. The van der Waals surface area contributed by atoms with Crippen LogP contribution in [0.3, 0.4) is 0 Å². The topological polar surface area (TPSA) is 66.6 Å². The third-order valence-corrected chi connectivity index (χ3v) is 2.26. The number of likely N-dealkylation sites (tertiary alicyclic amines) is 1. The Kier molecular flexibility index (Phi) is 3.05. The molecule has 0 spiro atoms. The summed E-state index contributed by atoms with van der Waals surface area (Å²) < 4.78 is 0. The Morgan fingerprint density at radius 1 is 1.83 bits per heavy atom. The normalized spacial score (nSPS) is 25.9. The predicted molar refractivity (Wildman–Crippen MR) is 45.5 cm³/mol. The fraction of sp³-hybridized carbons (Fsp3) is 0.875. The maximum Gasteiger partial charge on any atom is 0.239 e. The number of aliphatic hydroxyl groups excluding tert-OH is 1. The number of hydrogen-bond donors (Lipinski definition) is 2. The Bertz CT molecular complexity index is 170. The third kappa shape index (κ3) is 1.76. The van der Waals surface area contributed by atoms with Crippen LogP contribution in [0.5, 0.6) is 0 Å². The number of rotatable bonds is 2. The largest absolute Gasteiger partial charge is 0.394 e. The molecule has 4 nitrogen and oxygen atoms in total. The Labute approximate surface area is 72.3 Å². The highest BCUT2D eigenvalue weighted by Gasteiger charge is 2.29. The van der Waals surface area contributed by atoms with Crippen LogP contribution in [-0.2, 0) is 4.79 Å². The Balaban J connectivity index is 2.55. The molecule has 1 rings (SSSR count). The lowest BCUT2D eigenvalue weighted by Gasteiger charge is -2.24. The Morgan fingerprint density at radius 2 is 2.50 bits per heavy atom. The highest BCUT2D eigenvalue weighted by Crippen LogP contribution is 2.16. The van der Waals surface area contributed by atoms with Crippen LogP contribution < -0.4 is 5.73 Å². The molecule has 1 heterocycles. The van der Waals surface area contributed by atoms with Crippen LogP contribution in [0.1, 0.15) is 19.8 Å². The number of aliphatic hydroxyl groups is 1. The van der Waals surface area contributed by atoms with Crippen LogP contribution in [0, 0.1) is 0 Å². The minimum Gasteiger partial charge on any atom is -0.394 e. The summed E-state index contributed by atoms with van der Waals surface area (Å²) in [5.74, 6) is -0.0495. The van der Waals surface area contributed by atoms with Crippen LogP contribution in [0.2, 0.25) is 0 Å². The average molecular weight is 172 g/mol. The number of nitrogens with two attached hydrogens (primary N) is 1. The molecule has 0 aromatic carbocycles. The van der Waals surface area contributed by atoms with Gasteiger partial charge in [0.25, 0.3) is 0 Å². The lowest BCUT2D eigenvalue weighted by atomic mass is 10.2. The van der Waals surface area contributed by atoms with Gasteiger partial charge >= 0.3 is 0 Å². The molecular formula is C8H16N2O2. The van der Waals surface area contributed by atoms with Crippen molar-refractivity contribution in [3.8, 4) is 0 Å². The summed E-state index contributed by atoms with van der Waals surface area (Å²) in [7, 11) is 0. The molecule has 1 amide bonds. The first-order chi connectivity index (χ1) is 5.66. The molecule has 1 saturated heterocycles. The van der Waals surface area contributed by atoms with Gasteiger partial charge in [0, 0.05) is 6.54 Å². The molecule has 0 radical (unpaired) electrons. The lowest BCUT2D eigenvalue weighted by molar-refractivity contribution is -0.133. The molecule has 0 aromatic rings. The van der Waals surface area contributed by atoms with E-state index < -0.39 is 6.04 Å². The van der Waals surface area contributed by atoms with Crippen LogP contribution in [-0.4, -0.2) is 41.1 Å². The second-order valence-corrected chi connectivity index (χ2v) is 3.30. The fourth-order valence-electron chi connectivity index (χ4n) is 1.58. The molecule has 0 aliphatic carbocycles. The standard InChI is InChI=1S/C8H16N2O2/c1-6(9)8(12)10-4-2-3-7(10)5-11/h6-7,11H,2-5,9H2,1H3/t6-,7-/m0/s1. The van der Waals surface area contributed by atoms with Gasteiger partial charge in [-0.1, -0.05) is 0 Å². The van der Waals surface area contributed by atoms with Crippen LogP contribution in [0.4, 0.5) is 0 Å². The lowest BCUT2D eigenvalue weighted by Crippen LogP contribution is -2.45. The van der Waals surface area contributed by atoms with Crippen molar-refractivity contribution in [2.75, 3.05) is 13.2 Å². The predicted octanol–water partition coefficient (Wildman–Crippen LogP) is -0.683. The summed E-state index contributed by atoms with van der Waals surface area (Å²) in [5, 5.41) is 8.93. The van der Waals surface area contributed by atoms with Gasteiger partial charge in [0.1, 0.15) is 0 Å². The summed E-state index contributed by atoms with van der Waals surface area (Å²) >= 11 is 0. The van der Waals surface area contributed by atoms with E-state index in [1.165, 1.54) is 0 Å². The molecule has 0 aromatic heterocycles. The molecule has 2 atom stereocenters. The minimum absolute atomic E-state index is 0.00324. The van der Waals surface area contributed by atoms with Gasteiger partial charge in [-0.05, 0) is 19.8 Å². The van der Waals surface area contributed by atoms with Crippen LogP contribution in [0.25, 0.3) is 0 Å². The molecule has 4 heteroatoms. The number of amides is 1. The van der Waals surface area contributed by atoms with Gasteiger partial charge in [0.05, 0.1) is 18.7 Å². The molecule has 3 N–H and O–H groups in total. The zero-order valence-electron chi connectivity index (χ0n) is 7.36. The van der Waals surface area contributed by atoms with E-state index >= 15 is 0 Å². The quantitative estimate of drug-likeness (QED) is 0.580. The van der Waals surface area contributed by atoms with Crippen molar-refractivity contribution < 1.29 is 9.90 Å². The molecule has 70 valence electrons. The molecule has 0 saturated carbocycles. The SMILES string of the molecule is C[C@H](N)C(=O)N1CCC[C@H]1CO. The van der Waals surface area contributed by atoms with Gasteiger partial charge in [-0.25, -0.2) is 0 Å². The summed E-state index contributed by atoms with van der Waals surface area (Å²) in [6, 6.07) is -0.444. The van der Waals surface area contributed by atoms with Gasteiger partial charge in [-0.2, -0.15) is 0 Å². The van der Waals surface area contributed by atoms with E-state index in [9.17, 15) is 4.79 Å². The Morgan fingerprint density at radius 3 is 3.00 bits per heavy atom. The highest BCUT2D eigenvalue weighted by molar-refractivity contribution is 5.81. The zero-order valence-corrected chi connectivity index (χ0v) is 7.36. The van der Waals surface area contributed by atoms with Crippen molar-refractivity contribution in [3.05, 3.63) is 0 Å². The zero-order chi connectivity index (χ0) is 9.14. The number of nitrogens with zero attached hydrogens (tertiary/aromatic N) is 1. The van der Waals surface area contributed by atoms with Crippen molar-refractivity contribution in [2.24, 2.45) is 5.73 Å². The van der Waals surface area contributed by atoms with E-state index in [0.717, 1.165) is 19.4 Å². The van der Waals surface area contributed by atoms with Gasteiger partial charge in [-0.15, -0.1) is 0 Å². The first-order valence-electron chi connectivity index (χ1n) is 4.33. The maximum atomic E-state index is 11.4. The van der Waals surface area contributed by atoms with Crippen molar-refractivity contribution >= 4 is 5.91 Å². The van der Waals surface area contributed by atoms with Gasteiger partial charge < -0.3 is 15.7 Å². The van der Waals surface area contributed by atoms with E-state index in [2.05, 4.69) is 0 Å². The van der Waals surface area contributed by atoms with E-state index in [0.29, 0.717) is 0 Å². The van der Waals surface area contributed by atoms with E-state index in [-0.39, 0.29) is 18.6 Å². The van der Waals surface area contributed by atoms with Crippen molar-refractivity contribution in [3.63, 3.8) is 0 Å².